The highest BCUT2D eigenvalue weighted by atomic mass is 35.5. The Bertz CT molecular complexity index is 684. The van der Waals surface area contributed by atoms with Gasteiger partial charge in [0.15, 0.2) is 0 Å². The molecule has 2 aromatic rings. The number of aryl methyl sites for hydroxylation is 1. The lowest BCUT2D eigenvalue weighted by Crippen LogP contribution is -2.49. The topological polar surface area (TPSA) is 76.0 Å². The number of benzene rings is 1. The highest BCUT2D eigenvalue weighted by Crippen LogP contribution is 2.10. The van der Waals surface area contributed by atoms with Gasteiger partial charge in [-0.05, 0) is 36.6 Å². The molecule has 0 saturated heterocycles. The van der Waals surface area contributed by atoms with Crippen molar-refractivity contribution >= 4 is 23.4 Å². The van der Waals surface area contributed by atoms with E-state index in [9.17, 15) is 9.59 Å². The van der Waals surface area contributed by atoms with Crippen LogP contribution in [-0.2, 0) is 11.3 Å². The monoisotopic (exact) mass is 362 g/mol. The smallest absolute Gasteiger partial charge is 0.251 e. The standard InChI is InChI=1S/C18H23ClN4O2/c1-13(2)16(22-17(24)14-4-6-15(19)7-5-14)18(25)21-8-3-10-23-11-9-20-12-23/h4-7,9,11-13,16H,3,8,10H2,1-2H3,(H,21,25)(H,22,24). The summed E-state index contributed by atoms with van der Waals surface area (Å²) >= 11 is 5.83. The van der Waals surface area contributed by atoms with Crippen molar-refractivity contribution in [2.24, 2.45) is 5.92 Å². The van der Waals surface area contributed by atoms with Gasteiger partial charge in [-0.1, -0.05) is 25.4 Å². The Morgan fingerprint density at radius 1 is 1.24 bits per heavy atom. The molecule has 0 aliphatic heterocycles. The zero-order chi connectivity index (χ0) is 18.2. The van der Waals surface area contributed by atoms with Crippen molar-refractivity contribution < 1.29 is 9.59 Å². The van der Waals surface area contributed by atoms with Crippen LogP contribution in [0, 0.1) is 5.92 Å². The maximum Gasteiger partial charge on any atom is 0.251 e. The van der Waals surface area contributed by atoms with Crippen molar-refractivity contribution in [1.82, 2.24) is 20.2 Å². The van der Waals surface area contributed by atoms with Crippen LogP contribution in [0.25, 0.3) is 0 Å². The summed E-state index contributed by atoms with van der Waals surface area (Å²) in [5.74, 6) is -0.489. The number of aromatic nitrogens is 2. The van der Waals surface area contributed by atoms with Gasteiger partial charge in [0.25, 0.3) is 5.91 Å². The van der Waals surface area contributed by atoms with E-state index in [1.807, 2.05) is 24.6 Å². The van der Waals surface area contributed by atoms with E-state index in [-0.39, 0.29) is 17.7 Å². The normalized spacial score (nSPS) is 12.0. The summed E-state index contributed by atoms with van der Waals surface area (Å²) in [6.07, 6.45) is 6.13. The van der Waals surface area contributed by atoms with Gasteiger partial charge in [0, 0.05) is 36.1 Å². The molecule has 0 bridgehead atoms. The Hall–Kier alpha value is -2.34. The molecule has 2 N–H and O–H groups in total. The lowest BCUT2D eigenvalue weighted by Gasteiger charge is -2.22. The maximum atomic E-state index is 12.4. The minimum absolute atomic E-state index is 0.0232. The second-order valence-electron chi connectivity index (χ2n) is 6.15. The number of hydrogen-bond acceptors (Lipinski definition) is 3. The molecule has 2 amide bonds. The predicted octanol–water partition coefficient (Wildman–Crippen LogP) is 2.50. The summed E-state index contributed by atoms with van der Waals surface area (Å²) in [5.41, 5.74) is 0.475. The summed E-state index contributed by atoms with van der Waals surface area (Å²) < 4.78 is 1.95. The summed E-state index contributed by atoms with van der Waals surface area (Å²) in [6.45, 7) is 5.12. The Morgan fingerprint density at radius 3 is 2.56 bits per heavy atom. The molecule has 1 heterocycles. The highest BCUT2D eigenvalue weighted by Gasteiger charge is 2.24. The van der Waals surface area contributed by atoms with Gasteiger partial charge in [-0.2, -0.15) is 0 Å². The quantitative estimate of drug-likeness (QED) is 0.708. The Labute approximate surface area is 152 Å². The highest BCUT2D eigenvalue weighted by molar-refractivity contribution is 6.30. The fourth-order valence-electron chi connectivity index (χ4n) is 2.36. The first-order valence-electron chi connectivity index (χ1n) is 8.27. The lowest BCUT2D eigenvalue weighted by molar-refractivity contribution is -0.123. The second kappa shape index (κ2) is 9.22. The maximum absolute atomic E-state index is 12.4. The van der Waals surface area contributed by atoms with Crippen LogP contribution in [0.1, 0.15) is 30.6 Å². The van der Waals surface area contributed by atoms with Gasteiger partial charge in [0.1, 0.15) is 6.04 Å². The van der Waals surface area contributed by atoms with E-state index >= 15 is 0 Å². The van der Waals surface area contributed by atoms with Crippen molar-refractivity contribution in [2.75, 3.05) is 6.54 Å². The van der Waals surface area contributed by atoms with Crippen molar-refractivity contribution in [3.05, 3.63) is 53.6 Å². The molecule has 0 radical (unpaired) electrons. The third-order valence-electron chi connectivity index (χ3n) is 3.79. The van der Waals surface area contributed by atoms with Crippen LogP contribution in [0.15, 0.2) is 43.0 Å². The van der Waals surface area contributed by atoms with Crippen LogP contribution in [0.4, 0.5) is 0 Å². The average molecular weight is 363 g/mol. The van der Waals surface area contributed by atoms with E-state index in [2.05, 4.69) is 15.6 Å². The van der Waals surface area contributed by atoms with Crippen LogP contribution in [-0.4, -0.2) is 34.0 Å². The number of nitrogens with one attached hydrogen (secondary N) is 2. The molecule has 0 aliphatic rings. The van der Waals surface area contributed by atoms with Crippen LogP contribution in [0.2, 0.25) is 5.02 Å². The number of rotatable bonds is 8. The molecule has 0 spiro atoms. The molecule has 0 aliphatic carbocycles. The molecule has 6 nitrogen and oxygen atoms in total. The van der Waals surface area contributed by atoms with E-state index in [0.29, 0.717) is 17.1 Å². The average Bonchev–Trinajstić information content (AvgIpc) is 3.10. The Kier molecular flexibility index (Phi) is 7.01. The van der Waals surface area contributed by atoms with E-state index in [0.717, 1.165) is 13.0 Å². The third kappa shape index (κ3) is 5.90. The molecule has 7 heteroatoms. The number of hydrogen-bond donors (Lipinski definition) is 2. The predicted molar refractivity (Wildman–Crippen MR) is 97.4 cm³/mol. The lowest BCUT2D eigenvalue weighted by atomic mass is 10.0. The first-order chi connectivity index (χ1) is 12.0. The molecule has 1 unspecified atom stereocenters. The molecule has 134 valence electrons. The SMILES string of the molecule is CC(C)C(NC(=O)c1ccc(Cl)cc1)C(=O)NCCCn1ccnc1. The number of imidazole rings is 1. The van der Waals surface area contributed by atoms with Gasteiger partial charge >= 0.3 is 0 Å². The first kappa shape index (κ1) is 19.0. The largest absolute Gasteiger partial charge is 0.354 e. The number of carbonyl (C=O) groups excluding carboxylic acids is 2. The molecule has 1 aromatic heterocycles. The van der Waals surface area contributed by atoms with Gasteiger partial charge in [0.05, 0.1) is 6.33 Å². The molecular weight excluding hydrogens is 340 g/mol. The Balaban J connectivity index is 1.84. The minimum Gasteiger partial charge on any atom is -0.354 e. The summed E-state index contributed by atoms with van der Waals surface area (Å²) in [5, 5.41) is 6.24. The van der Waals surface area contributed by atoms with Gasteiger partial charge in [0.2, 0.25) is 5.91 Å². The zero-order valence-corrected chi connectivity index (χ0v) is 15.2. The van der Waals surface area contributed by atoms with Gasteiger partial charge in [-0.3, -0.25) is 9.59 Å². The number of halogens is 1. The number of amides is 2. The molecule has 1 aromatic carbocycles. The molecule has 0 fully saturated rings. The second-order valence-corrected chi connectivity index (χ2v) is 6.58. The number of nitrogens with zero attached hydrogens (tertiary/aromatic N) is 2. The van der Waals surface area contributed by atoms with Crippen LogP contribution in [0.3, 0.4) is 0 Å². The van der Waals surface area contributed by atoms with E-state index < -0.39 is 6.04 Å². The Morgan fingerprint density at radius 2 is 1.96 bits per heavy atom. The van der Waals surface area contributed by atoms with Gasteiger partial charge in [-0.25, -0.2) is 4.98 Å². The third-order valence-corrected chi connectivity index (χ3v) is 4.05. The van der Waals surface area contributed by atoms with Crippen molar-refractivity contribution in [2.45, 2.75) is 32.9 Å². The van der Waals surface area contributed by atoms with Gasteiger partial charge in [-0.15, -0.1) is 0 Å². The van der Waals surface area contributed by atoms with Gasteiger partial charge < -0.3 is 15.2 Å². The fraction of sp³-hybridized carbons (Fsp3) is 0.389. The molecule has 1 atom stereocenters. The fourth-order valence-corrected chi connectivity index (χ4v) is 2.49. The summed E-state index contributed by atoms with van der Waals surface area (Å²) in [6, 6.07) is 5.99. The van der Waals surface area contributed by atoms with Crippen LogP contribution < -0.4 is 10.6 Å². The van der Waals surface area contributed by atoms with Crippen molar-refractivity contribution in [3.8, 4) is 0 Å². The van der Waals surface area contributed by atoms with Crippen LogP contribution in [0.5, 0.6) is 0 Å². The van der Waals surface area contributed by atoms with Crippen molar-refractivity contribution in [1.29, 1.82) is 0 Å². The minimum atomic E-state index is -0.587. The summed E-state index contributed by atoms with van der Waals surface area (Å²) in [4.78, 5) is 28.7. The van der Waals surface area contributed by atoms with Crippen molar-refractivity contribution in [3.63, 3.8) is 0 Å². The number of carbonyl (C=O) groups is 2. The molecule has 0 saturated carbocycles. The van der Waals surface area contributed by atoms with E-state index in [1.54, 1.807) is 36.8 Å². The molecular formula is C18H23ClN4O2. The molecule has 2 rings (SSSR count). The van der Waals surface area contributed by atoms with E-state index in [4.69, 9.17) is 11.6 Å². The van der Waals surface area contributed by atoms with E-state index in [1.165, 1.54) is 0 Å². The first-order valence-corrected chi connectivity index (χ1v) is 8.65. The molecule has 25 heavy (non-hydrogen) atoms. The van der Waals surface area contributed by atoms with Crippen LogP contribution >= 0.6 is 11.6 Å². The summed E-state index contributed by atoms with van der Waals surface area (Å²) in [7, 11) is 0. The zero-order valence-electron chi connectivity index (χ0n) is 14.4.